The molecule has 4 heterocycles. The Morgan fingerprint density at radius 3 is 3.04 bits per heavy atom. The molecular formula is C15H17N7O2S. The van der Waals surface area contributed by atoms with Crippen LogP contribution in [-0.4, -0.2) is 60.5 Å². The minimum absolute atomic E-state index is 0.0320. The second-order valence-corrected chi connectivity index (χ2v) is 6.74. The number of ether oxygens (including phenoxy) is 1. The molecule has 0 aromatic carbocycles. The number of carbonyl (C=O) groups excluding carboxylic acids is 1. The maximum absolute atomic E-state index is 13.0. The average molecular weight is 359 g/mol. The molecule has 4 rings (SSSR count). The van der Waals surface area contributed by atoms with Crippen molar-refractivity contribution in [2.24, 2.45) is 7.05 Å². The predicted octanol–water partition coefficient (Wildman–Crippen LogP) is 1.26. The summed E-state index contributed by atoms with van der Waals surface area (Å²) in [5.74, 6) is 0.531. The Labute approximate surface area is 147 Å². The van der Waals surface area contributed by atoms with Crippen LogP contribution in [0.2, 0.25) is 0 Å². The molecule has 3 aromatic heterocycles. The molecule has 9 nitrogen and oxygen atoms in total. The number of nitrogens with zero attached hydrogens (tertiary/aromatic N) is 6. The quantitative estimate of drug-likeness (QED) is 0.752. The van der Waals surface area contributed by atoms with Crippen LogP contribution < -0.4 is 0 Å². The lowest BCUT2D eigenvalue weighted by Gasteiger charge is -2.21. The first-order valence-corrected chi connectivity index (χ1v) is 8.67. The third-order valence-electron chi connectivity index (χ3n) is 4.28. The van der Waals surface area contributed by atoms with Gasteiger partial charge in [-0.05, 0) is 0 Å². The van der Waals surface area contributed by atoms with E-state index in [-0.39, 0.29) is 18.1 Å². The molecule has 25 heavy (non-hydrogen) atoms. The lowest BCUT2D eigenvalue weighted by Crippen LogP contribution is -2.32. The van der Waals surface area contributed by atoms with Crippen LogP contribution in [0, 0.1) is 0 Å². The smallest absolute Gasteiger partial charge is 0.274 e. The molecule has 1 amide bonds. The van der Waals surface area contributed by atoms with Crippen molar-refractivity contribution in [3.63, 3.8) is 0 Å². The number of aromatic amines is 1. The highest BCUT2D eigenvalue weighted by Crippen LogP contribution is 2.33. The lowest BCUT2D eigenvalue weighted by molar-refractivity contribution is 0.0679. The number of methoxy groups -OCH3 is 1. The van der Waals surface area contributed by atoms with Gasteiger partial charge in [0, 0.05) is 44.3 Å². The van der Waals surface area contributed by atoms with E-state index in [4.69, 9.17) is 4.74 Å². The summed E-state index contributed by atoms with van der Waals surface area (Å²) in [6, 6.07) is -0.191. The van der Waals surface area contributed by atoms with Crippen LogP contribution in [0.3, 0.4) is 0 Å². The Morgan fingerprint density at radius 1 is 1.48 bits per heavy atom. The van der Waals surface area contributed by atoms with Crippen molar-refractivity contribution in [3.8, 4) is 10.6 Å². The van der Waals surface area contributed by atoms with E-state index in [0.29, 0.717) is 24.5 Å². The van der Waals surface area contributed by atoms with E-state index in [1.54, 1.807) is 28.3 Å². The maximum atomic E-state index is 13.0. The number of nitrogens with one attached hydrogen (secondary N) is 1. The summed E-state index contributed by atoms with van der Waals surface area (Å²) in [5.41, 5.74) is 1.32. The van der Waals surface area contributed by atoms with E-state index < -0.39 is 0 Å². The van der Waals surface area contributed by atoms with Gasteiger partial charge in [-0.1, -0.05) is 0 Å². The monoisotopic (exact) mass is 359 g/mol. The topological polar surface area (TPSA) is 102 Å². The van der Waals surface area contributed by atoms with E-state index in [1.807, 2.05) is 13.2 Å². The fourth-order valence-electron chi connectivity index (χ4n) is 3.01. The van der Waals surface area contributed by atoms with Crippen LogP contribution >= 0.6 is 11.3 Å². The molecule has 10 heteroatoms. The van der Waals surface area contributed by atoms with Crippen LogP contribution in [0.15, 0.2) is 24.1 Å². The summed E-state index contributed by atoms with van der Waals surface area (Å²) in [6.07, 6.45) is 5.71. The van der Waals surface area contributed by atoms with Crippen LogP contribution in [0.1, 0.15) is 28.8 Å². The highest BCUT2D eigenvalue weighted by molar-refractivity contribution is 7.13. The van der Waals surface area contributed by atoms with Crippen molar-refractivity contribution in [3.05, 3.63) is 35.6 Å². The van der Waals surface area contributed by atoms with Gasteiger partial charge in [-0.15, -0.1) is 11.3 Å². The zero-order valence-electron chi connectivity index (χ0n) is 13.8. The maximum Gasteiger partial charge on any atom is 0.274 e. The summed E-state index contributed by atoms with van der Waals surface area (Å²) in [5, 5.41) is 13.4. The van der Waals surface area contributed by atoms with E-state index in [2.05, 4.69) is 25.3 Å². The molecule has 1 saturated heterocycles. The second kappa shape index (κ2) is 6.37. The van der Waals surface area contributed by atoms with Crippen LogP contribution in [0.25, 0.3) is 10.6 Å². The van der Waals surface area contributed by atoms with Gasteiger partial charge in [0.1, 0.15) is 22.9 Å². The van der Waals surface area contributed by atoms with Crippen LogP contribution in [-0.2, 0) is 11.8 Å². The number of carbonyl (C=O) groups is 1. The Balaban J connectivity index is 1.60. The molecule has 2 atom stereocenters. The van der Waals surface area contributed by atoms with Gasteiger partial charge in [-0.25, -0.2) is 9.97 Å². The van der Waals surface area contributed by atoms with Crippen molar-refractivity contribution in [1.29, 1.82) is 0 Å². The molecular weight excluding hydrogens is 342 g/mol. The molecule has 1 aliphatic heterocycles. The van der Waals surface area contributed by atoms with Crippen molar-refractivity contribution in [2.75, 3.05) is 13.7 Å². The Kier molecular flexibility index (Phi) is 4.06. The number of aromatic nitrogens is 6. The van der Waals surface area contributed by atoms with Gasteiger partial charge in [0.05, 0.1) is 18.3 Å². The summed E-state index contributed by atoms with van der Waals surface area (Å²) in [6.45, 7) is 0.500. The lowest BCUT2D eigenvalue weighted by atomic mass is 10.2. The second-order valence-electron chi connectivity index (χ2n) is 5.88. The normalized spacial score (nSPS) is 20.3. The Hall–Kier alpha value is -2.59. The van der Waals surface area contributed by atoms with E-state index in [9.17, 15) is 4.79 Å². The van der Waals surface area contributed by atoms with Gasteiger partial charge < -0.3 is 9.64 Å². The number of likely N-dealkylation sites (tertiary alicyclic amines) is 1. The number of H-pyrrole nitrogens is 1. The van der Waals surface area contributed by atoms with Gasteiger partial charge in [0.25, 0.3) is 5.91 Å². The molecule has 0 unspecified atom stereocenters. The van der Waals surface area contributed by atoms with Gasteiger partial charge in [0.15, 0.2) is 0 Å². The van der Waals surface area contributed by atoms with Gasteiger partial charge >= 0.3 is 0 Å². The molecule has 1 fully saturated rings. The molecule has 0 saturated carbocycles. The first-order chi connectivity index (χ1) is 12.2. The van der Waals surface area contributed by atoms with Gasteiger partial charge in [-0.2, -0.15) is 10.2 Å². The number of thiazole rings is 1. The van der Waals surface area contributed by atoms with E-state index >= 15 is 0 Å². The molecule has 0 spiro atoms. The number of amides is 1. The van der Waals surface area contributed by atoms with Crippen LogP contribution in [0.5, 0.6) is 0 Å². The van der Waals surface area contributed by atoms with Crippen molar-refractivity contribution < 1.29 is 9.53 Å². The van der Waals surface area contributed by atoms with Crippen molar-refractivity contribution in [2.45, 2.75) is 18.6 Å². The molecule has 0 radical (unpaired) electrons. The van der Waals surface area contributed by atoms with Gasteiger partial charge in [0.2, 0.25) is 0 Å². The number of rotatable bonds is 4. The third kappa shape index (κ3) is 2.94. The zero-order valence-corrected chi connectivity index (χ0v) is 14.6. The van der Waals surface area contributed by atoms with E-state index in [1.165, 1.54) is 17.7 Å². The minimum atomic E-state index is -0.191. The number of hydrogen-bond acceptors (Lipinski definition) is 7. The molecule has 0 aliphatic carbocycles. The molecule has 1 N–H and O–H groups in total. The minimum Gasteiger partial charge on any atom is -0.380 e. The number of hydrogen-bond donors (Lipinski definition) is 1. The molecule has 1 aliphatic rings. The SMILES string of the molecule is CO[C@@H]1C[C@@H](c2ncn[nH]2)N(C(=O)c2csc(-c3cnn(C)c3)n2)C1. The average Bonchev–Trinajstić information content (AvgIpc) is 3.37. The molecule has 0 bridgehead atoms. The zero-order chi connectivity index (χ0) is 17.4. The summed E-state index contributed by atoms with van der Waals surface area (Å²) in [7, 11) is 3.50. The van der Waals surface area contributed by atoms with Crippen molar-refractivity contribution in [1.82, 2.24) is 34.8 Å². The summed E-state index contributed by atoms with van der Waals surface area (Å²) >= 11 is 1.43. The van der Waals surface area contributed by atoms with Crippen molar-refractivity contribution >= 4 is 17.2 Å². The van der Waals surface area contributed by atoms with Gasteiger partial charge in [-0.3, -0.25) is 14.6 Å². The first kappa shape index (κ1) is 15.9. The fraction of sp³-hybridized carbons (Fsp3) is 0.400. The Morgan fingerprint density at radius 2 is 2.36 bits per heavy atom. The molecule has 130 valence electrons. The highest BCUT2D eigenvalue weighted by Gasteiger charge is 2.39. The molecule has 3 aromatic rings. The third-order valence-corrected chi connectivity index (χ3v) is 5.17. The highest BCUT2D eigenvalue weighted by atomic mass is 32.1. The van der Waals surface area contributed by atoms with E-state index in [0.717, 1.165) is 10.6 Å². The predicted molar refractivity (Wildman–Crippen MR) is 89.9 cm³/mol. The van der Waals surface area contributed by atoms with Crippen LogP contribution in [0.4, 0.5) is 0 Å². The number of aryl methyl sites for hydroxylation is 1. The summed E-state index contributed by atoms with van der Waals surface area (Å²) < 4.78 is 7.16. The standard InChI is InChI=1S/C15H17N7O2S/c1-21-5-9(4-18-21)14-19-11(7-25-14)15(23)22-6-10(24-2)3-12(22)13-16-8-17-20-13/h4-5,7-8,10,12H,3,6H2,1-2H3,(H,16,17,20)/t10-,12+/m1/s1. The summed E-state index contributed by atoms with van der Waals surface area (Å²) in [4.78, 5) is 23.4. The fourth-order valence-corrected chi connectivity index (χ4v) is 3.78. The first-order valence-electron chi connectivity index (χ1n) is 7.79. The Bertz CT molecular complexity index is 872. The largest absolute Gasteiger partial charge is 0.380 e.